The summed E-state index contributed by atoms with van der Waals surface area (Å²) in [4.78, 5) is 25.1. The molecule has 2 aromatic heterocycles. The fraction of sp³-hybridized carbons (Fsp3) is 0.167. The minimum absolute atomic E-state index is 0.407. The Kier molecular flexibility index (Phi) is 1.80. The Morgan fingerprint density at radius 1 is 1.06 bits per heavy atom. The molecule has 0 aliphatic rings. The van der Waals surface area contributed by atoms with Crippen molar-refractivity contribution in [2.24, 2.45) is 0 Å². The third-order valence-corrected chi connectivity index (χ3v) is 2.85. The van der Waals surface area contributed by atoms with Crippen LogP contribution in [0.3, 0.4) is 0 Å². The number of oxazole rings is 1. The van der Waals surface area contributed by atoms with Crippen molar-refractivity contribution in [1.29, 1.82) is 0 Å². The zero-order chi connectivity index (χ0) is 12.2. The molecule has 0 amide bonds. The van der Waals surface area contributed by atoms with Gasteiger partial charge in [0.2, 0.25) is 0 Å². The maximum absolute atomic E-state index is 11.3. The molecule has 86 valence electrons. The van der Waals surface area contributed by atoms with Crippen LogP contribution in [-0.2, 0) is 0 Å². The number of rotatable bonds is 0. The molecular formula is C12H9NO4. The van der Waals surface area contributed by atoms with E-state index in [1.165, 1.54) is 6.07 Å². The highest BCUT2D eigenvalue weighted by atomic mass is 16.4. The average molecular weight is 231 g/mol. The Morgan fingerprint density at radius 3 is 2.59 bits per heavy atom. The highest BCUT2D eigenvalue weighted by Gasteiger charge is 2.12. The van der Waals surface area contributed by atoms with Gasteiger partial charge in [-0.25, -0.2) is 9.59 Å². The van der Waals surface area contributed by atoms with E-state index in [-0.39, 0.29) is 0 Å². The van der Waals surface area contributed by atoms with Crippen molar-refractivity contribution in [3.8, 4) is 0 Å². The van der Waals surface area contributed by atoms with Crippen molar-refractivity contribution in [1.82, 2.24) is 4.98 Å². The largest absolute Gasteiger partial charge is 0.422 e. The monoisotopic (exact) mass is 231 g/mol. The standard InChI is InChI=1S/C12H9NO4/c1-5-3-9(14)16-10-6(2)11-8(4-7(5)10)13-12(15)17-11/h3-4H,1-2H3,(H,13,15). The summed E-state index contributed by atoms with van der Waals surface area (Å²) in [5.41, 5.74) is 2.55. The van der Waals surface area contributed by atoms with E-state index in [0.29, 0.717) is 22.2 Å². The maximum Gasteiger partial charge on any atom is 0.417 e. The molecule has 0 saturated heterocycles. The molecule has 2 heterocycles. The van der Waals surface area contributed by atoms with E-state index in [1.807, 2.05) is 6.92 Å². The smallest absolute Gasteiger partial charge is 0.417 e. The number of benzene rings is 1. The second-order valence-corrected chi connectivity index (χ2v) is 4.02. The van der Waals surface area contributed by atoms with Gasteiger partial charge in [-0.15, -0.1) is 0 Å². The molecular weight excluding hydrogens is 222 g/mol. The van der Waals surface area contributed by atoms with Crippen LogP contribution in [0, 0.1) is 13.8 Å². The number of aryl methyl sites for hydroxylation is 2. The van der Waals surface area contributed by atoms with Gasteiger partial charge < -0.3 is 8.83 Å². The number of aromatic amines is 1. The molecule has 1 N–H and O–H groups in total. The van der Waals surface area contributed by atoms with E-state index in [4.69, 9.17) is 8.83 Å². The Hall–Kier alpha value is -2.30. The van der Waals surface area contributed by atoms with E-state index in [9.17, 15) is 9.59 Å². The zero-order valence-electron chi connectivity index (χ0n) is 9.29. The topological polar surface area (TPSA) is 76.2 Å². The van der Waals surface area contributed by atoms with Crippen molar-refractivity contribution in [3.63, 3.8) is 0 Å². The van der Waals surface area contributed by atoms with Crippen LogP contribution >= 0.6 is 0 Å². The molecule has 0 fully saturated rings. The Morgan fingerprint density at radius 2 is 1.82 bits per heavy atom. The van der Waals surface area contributed by atoms with E-state index in [0.717, 1.165) is 10.9 Å². The van der Waals surface area contributed by atoms with Crippen molar-refractivity contribution >= 4 is 22.1 Å². The van der Waals surface area contributed by atoms with Crippen LogP contribution in [-0.4, -0.2) is 4.98 Å². The molecule has 0 aliphatic heterocycles. The van der Waals surface area contributed by atoms with Crippen molar-refractivity contribution in [3.05, 3.63) is 44.2 Å². The molecule has 0 radical (unpaired) electrons. The SMILES string of the molecule is Cc1cc(=O)oc2c(C)c3oc(=O)[nH]c3cc12. The Bertz CT molecular complexity index is 850. The first-order chi connectivity index (χ1) is 8.06. The van der Waals surface area contributed by atoms with Crippen LogP contribution in [0.2, 0.25) is 0 Å². The van der Waals surface area contributed by atoms with Gasteiger partial charge in [0.1, 0.15) is 5.58 Å². The third-order valence-electron chi connectivity index (χ3n) is 2.85. The van der Waals surface area contributed by atoms with E-state index >= 15 is 0 Å². The van der Waals surface area contributed by atoms with Gasteiger partial charge in [-0.05, 0) is 25.5 Å². The summed E-state index contributed by atoms with van der Waals surface area (Å²) in [6, 6.07) is 3.17. The maximum atomic E-state index is 11.3. The quantitative estimate of drug-likeness (QED) is 0.599. The van der Waals surface area contributed by atoms with Gasteiger partial charge >= 0.3 is 11.4 Å². The lowest BCUT2D eigenvalue weighted by molar-refractivity contribution is 0.543. The van der Waals surface area contributed by atoms with E-state index in [2.05, 4.69) is 4.98 Å². The lowest BCUT2D eigenvalue weighted by Gasteiger charge is -2.03. The molecule has 3 rings (SSSR count). The van der Waals surface area contributed by atoms with Crippen LogP contribution in [0.1, 0.15) is 11.1 Å². The van der Waals surface area contributed by atoms with Crippen molar-refractivity contribution in [2.45, 2.75) is 13.8 Å². The minimum Gasteiger partial charge on any atom is -0.422 e. The average Bonchev–Trinajstić information content (AvgIpc) is 2.62. The molecule has 17 heavy (non-hydrogen) atoms. The molecule has 0 bridgehead atoms. The number of nitrogens with one attached hydrogen (secondary N) is 1. The summed E-state index contributed by atoms with van der Waals surface area (Å²) in [6.45, 7) is 3.58. The van der Waals surface area contributed by atoms with E-state index in [1.54, 1.807) is 13.0 Å². The van der Waals surface area contributed by atoms with Gasteiger partial charge in [0.15, 0.2) is 5.58 Å². The molecule has 5 nitrogen and oxygen atoms in total. The van der Waals surface area contributed by atoms with Gasteiger partial charge in [0.05, 0.1) is 5.52 Å². The fourth-order valence-corrected chi connectivity index (χ4v) is 2.04. The van der Waals surface area contributed by atoms with Crippen LogP contribution in [0.15, 0.2) is 30.6 Å². The summed E-state index contributed by atoms with van der Waals surface area (Å²) in [5, 5.41) is 0.798. The highest BCUT2D eigenvalue weighted by Crippen LogP contribution is 2.26. The highest BCUT2D eigenvalue weighted by molar-refractivity contribution is 5.96. The lowest BCUT2D eigenvalue weighted by Crippen LogP contribution is -1.99. The summed E-state index contributed by atoms with van der Waals surface area (Å²) in [6.07, 6.45) is 0. The molecule has 0 saturated carbocycles. The van der Waals surface area contributed by atoms with Crippen molar-refractivity contribution < 1.29 is 8.83 Å². The summed E-state index contributed by atoms with van der Waals surface area (Å²) >= 11 is 0. The normalized spacial score (nSPS) is 11.4. The lowest BCUT2D eigenvalue weighted by atomic mass is 10.1. The summed E-state index contributed by atoms with van der Waals surface area (Å²) in [5.74, 6) is -0.515. The first kappa shape index (κ1) is 9.89. The number of H-pyrrole nitrogens is 1. The number of fused-ring (bicyclic) bond motifs is 2. The minimum atomic E-state index is -0.515. The van der Waals surface area contributed by atoms with Gasteiger partial charge in [-0.2, -0.15) is 0 Å². The van der Waals surface area contributed by atoms with Gasteiger partial charge in [0.25, 0.3) is 0 Å². The summed E-state index contributed by atoms with van der Waals surface area (Å²) < 4.78 is 10.2. The van der Waals surface area contributed by atoms with Crippen LogP contribution in [0.4, 0.5) is 0 Å². The van der Waals surface area contributed by atoms with Gasteiger partial charge in [0, 0.05) is 17.0 Å². The second-order valence-electron chi connectivity index (χ2n) is 4.02. The molecule has 3 aromatic rings. The predicted octanol–water partition coefficient (Wildman–Crippen LogP) is 1.84. The van der Waals surface area contributed by atoms with Crippen LogP contribution < -0.4 is 11.4 Å². The predicted molar refractivity (Wildman–Crippen MR) is 62.4 cm³/mol. The number of hydrogen-bond donors (Lipinski definition) is 1. The van der Waals surface area contributed by atoms with E-state index < -0.39 is 11.4 Å². The number of aromatic nitrogens is 1. The number of hydrogen-bond acceptors (Lipinski definition) is 4. The van der Waals surface area contributed by atoms with Crippen LogP contribution in [0.25, 0.3) is 22.1 Å². The van der Waals surface area contributed by atoms with Gasteiger partial charge in [-0.3, -0.25) is 4.98 Å². The Balaban J connectivity index is 2.67. The molecule has 0 aliphatic carbocycles. The second kappa shape index (κ2) is 3.10. The zero-order valence-corrected chi connectivity index (χ0v) is 9.29. The third kappa shape index (κ3) is 1.32. The fourth-order valence-electron chi connectivity index (χ4n) is 2.04. The molecule has 1 aromatic carbocycles. The Labute approximate surface area is 94.7 Å². The van der Waals surface area contributed by atoms with Crippen molar-refractivity contribution in [2.75, 3.05) is 0 Å². The summed E-state index contributed by atoms with van der Waals surface area (Å²) in [7, 11) is 0. The molecule has 5 heteroatoms. The molecule has 0 unspecified atom stereocenters. The van der Waals surface area contributed by atoms with Crippen LogP contribution in [0.5, 0.6) is 0 Å². The molecule has 0 atom stereocenters. The van der Waals surface area contributed by atoms with Gasteiger partial charge in [-0.1, -0.05) is 0 Å². The first-order valence-electron chi connectivity index (χ1n) is 5.13. The molecule has 0 spiro atoms. The first-order valence-corrected chi connectivity index (χ1v) is 5.13.